The van der Waals surface area contributed by atoms with Crippen LogP contribution in [0.25, 0.3) is 0 Å². The number of aromatic nitrogens is 1. The number of nitrogens with zero attached hydrogens (tertiary/aromatic N) is 1. The first-order valence-corrected chi connectivity index (χ1v) is 8.09. The molecular formula is C15H25N3O2S. The molecule has 5 nitrogen and oxygen atoms in total. The highest BCUT2D eigenvalue weighted by Crippen LogP contribution is 2.20. The van der Waals surface area contributed by atoms with Crippen LogP contribution in [-0.2, 0) is 16.0 Å². The average Bonchev–Trinajstić information content (AvgIpc) is 2.74. The molecule has 0 unspecified atom stereocenters. The normalized spacial score (nSPS) is 11.5. The van der Waals surface area contributed by atoms with Gasteiger partial charge < -0.3 is 10.6 Å². The van der Waals surface area contributed by atoms with Gasteiger partial charge in [0.25, 0.3) is 0 Å². The van der Waals surface area contributed by atoms with Crippen molar-refractivity contribution in [3.8, 4) is 0 Å². The van der Waals surface area contributed by atoms with Crippen LogP contribution in [0.2, 0.25) is 0 Å². The first-order valence-electron chi connectivity index (χ1n) is 7.21. The molecule has 1 heterocycles. The zero-order chi connectivity index (χ0) is 16.0. The minimum Gasteiger partial charge on any atom is -0.356 e. The molecule has 1 aromatic heterocycles. The van der Waals surface area contributed by atoms with Crippen molar-refractivity contribution in [3.63, 3.8) is 0 Å². The third-order valence-electron chi connectivity index (χ3n) is 2.84. The lowest BCUT2D eigenvalue weighted by atomic mass is 9.96. The Morgan fingerprint density at radius 3 is 2.57 bits per heavy atom. The van der Waals surface area contributed by atoms with Crippen molar-refractivity contribution in [2.45, 2.75) is 47.5 Å². The molecule has 0 fully saturated rings. The van der Waals surface area contributed by atoms with Crippen molar-refractivity contribution in [1.29, 1.82) is 0 Å². The molecule has 0 atom stereocenters. The van der Waals surface area contributed by atoms with Gasteiger partial charge in [0, 0.05) is 17.3 Å². The Morgan fingerprint density at radius 2 is 2.00 bits per heavy atom. The third-order valence-corrected chi connectivity index (χ3v) is 3.65. The van der Waals surface area contributed by atoms with Crippen LogP contribution in [0, 0.1) is 11.3 Å². The van der Waals surface area contributed by atoms with Crippen molar-refractivity contribution >= 4 is 28.3 Å². The molecule has 1 aromatic rings. The van der Waals surface area contributed by atoms with Crippen LogP contribution in [0.5, 0.6) is 0 Å². The molecule has 2 N–H and O–H groups in total. The summed E-state index contributed by atoms with van der Waals surface area (Å²) in [5.41, 5.74) is 0.228. The summed E-state index contributed by atoms with van der Waals surface area (Å²) in [4.78, 5) is 27.9. The lowest BCUT2D eigenvalue weighted by Crippen LogP contribution is -2.28. The number of rotatable bonds is 6. The van der Waals surface area contributed by atoms with Gasteiger partial charge in [-0.1, -0.05) is 34.6 Å². The van der Waals surface area contributed by atoms with Gasteiger partial charge in [0.15, 0.2) is 5.13 Å². The lowest BCUT2D eigenvalue weighted by molar-refractivity contribution is -0.123. The summed E-state index contributed by atoms with van der Waals surface area (Å²) in [6.07, 6.45) is 1.22. The standard InChI is InChI=1S/C15H25N3O2S/c1-10(2)6-7-16-12(19)8-11-9-21-14(17-11)18-13(20)15(3,4)5/h9-10H,6-8H2,1-5H3,(H,16,19)(H,17,18,20). The maximum absolute atomic E-state index is 11.8. The first-order chi connectivity index (χ1) is 9.68. The van der Waals surface area contributed by atoms with Gasteiger partial charge in [-0.3, -0.25) is 9.59 Å². The largest absolute Gasteiger partial charge is 0.356 e. The Balaban J connectivity index is 2.45. The van der Waals surface area contributed by atoms with Crippen molar-refractivity contribution in [2.75, 3.05) is 11.9 Å². The summed E-state index contributed by atoms with van der Waals surface area (Å²) in [7, 11) is 0. The second-order valence-electron chi connectivity index (χ2n) is 6.56. The second-order valence-corrected chi connectivity index (χ2v) is 7.42. The minimum absolute atomic E-state index is 0.0327. The SMILES string of the molecule is CC(C)CCNC(=O)Cc1csc(NC(=O)C(C)(C)C)n1. The Hall–Kier alpha value is -1.43. The number of anilines is 1. The third kappa shape index (κ3) is 6.71. The van der Waals surface area contributed by atoms with Gasteiger partial charge in [0.1, 0.15) is 0 Å². The highest BCUT2D eigenvalue weighted by Gasteiger charge is 2.22. The topological polar surface area (TPSA) is 71.1 Å². The fourth-order valence-corrected chi connectivity index (χ4v) is 2.16. The van der Waals surface area contributed by atoms with Crippen molar-refractivity contribution < 1.29 is 9.59 Å². The zero-order valence-corrected chi connectivity index (χ0v) is 14.3. The van der Waals surface area contributed by atoms with Crippen LogP contribution >= 0.6 is 11.3 Å². The number of carbonyl (C=O) groups excluding carboxylic acids is 2. The summed E-state index contributed by atoms with van der Waals surface area (Å²) in [5, 5.41) is 7.99. The van der Waals surface area contributed by atoms with E-state index in [4.69, 9.17) is 0 Å². The predicted octanol–water partition coefficient (Wildman–Crippen LogP) is 2.83. The Kier molecular flexibility index (Phi) is 6.33. The number of hydrogen-bond donors (Lipinski definition) is 2. The van der Waals surface area contributed by atoms with Gasteiger partial charge in [-0.15, -0.1) is 11.3 Å². The molecule has 0 bridgehead atoms. The maximum Gasteiger partial charge on any atom is 0.231 e. The smallest absolute Gasteiger partial charge is 0.231 e. The molecular weight excluding hydrogens is 286 g/mol. The Labute approximate surface area is 130 Å². The molecule has 0 aliphatic heterocycles. The van der Waals surface area contributed by atoms with Gasteiger partial charge in [-0.05, 0) is 12.3 Å². The molecule has 6 heteroatoms. The highest BCUT2D eigenvalue weighted by atomic mass is 32.1. The Morgan fingerprint density at radius 1 is 1.33 bits per heavy atom. The first kappa shape index (κ1) is 17.6. The number of nitrogens with one attached hydrogen (secondary N) is 2. The van der Waals surface area contributed by atoms with Crippen molar-refractivity contribution in [2.24, 2.45) is 11.3 Å². The molecule has 2 amide bonds. The predicted molar refractivity (Wildman–Crippen MR) is 86.4 cm³/mol. The summed E-state index contributed by atoms with van der Waals surface area (Å²) in [6, 6.07) is 0. The van der Waals surface area contributed by atoms with E-state index in [-0.39, 0.29) is 18.2 Å². The molecule has 1 rings (SSSR count). The summed E-state index contributed by atoms with van der Waals surface area (Å²) >= 11 is 1.34. The van der Waals surface area contributed by atoms with E-state index in [0.29, 0.717) is 23.3 Å². The van der Waals surface area contributed by atoms with E-state index in [1.165, 1.54) is 11.3 Å². The van der Waals surface area contributed by atoms with Gasteiger partial charge in [-0.25, -0.2) is 4.98 Å². The van der Waals surface area contributed by atoms with Crippen LogP contribution < -0.4 is 10.6 Å². The lowest BCUT2D eigenvalue weighted by Gasteiger charge is -2.15. The molecule has 0 aliphatic carbocycles. The fraction of sp³-hybridized carbons (Fsp3) is 0.667. The van der Waals surface area contributed by atoms with E-state index in [1.54, 1.807) is 5.38 Å². The monoisotopic (exact) mass is 311 g/mol. The molecule has 0 aliphatic rings. The highest BCUT2D eigenvalue weighted by molar-refractivity contribution is 7.13. The van der Waals surface area contributed by atoms with Gasteiger partial charge in [0.05, 0.1) is 12.1 Å². The number of thiazole rings is 1. The molecule has 0 spiro atoms. The average molecular weight is 311 g/mol. The van der Waals surface area contributed by atoms with Crippen LogP contribution in [0.3, 0.4) is 0 Å². The number of hydrogen-bond acceptors (Lipinski definition) is 4. The zero-order valence-electron chi connectivity index (χ0n) is 13.4. The minimum atomic E-state index is -0.458. The quantitative estimate of drug-likeness (QED) is 0.848. The van der Waals surface area contributed by atoms with Gasteiger partial charge in [-0.2, -0.15) is 0 Å². The van der Waals surface area contributed by atoms with E-state index in [1.807, 2.05) is 20.8 Å². The summed E-state index contributed by atoms with van der Waals surface area (Å²) in [5.74, 6) is 0.461. The molecule has 0 radical (unpaired) electrons. The van der Waals surface area contributed by atoms with E-state index >= 15 is 0 Å². The van der Waals surface area contributed by atoms with Crippen LogP contribution in [0.15, 0.2) is 5.38 Å². The molecule has 118 valence electrons. The van der Waals surface area contributed by atoms with E-state index in [2.05, 4.69) is 29.5 Å². The van der Waals surface area contributed by atoms with Crippen LogP contribution in [0.4, 0.5) is 5.13 Å². The van der Waals surface area contributed by atoms with Gasteiger partial charge >= 0.3 is 0 Å². The van der Waals surface area contributed by atoms with E-state index in [0.717, 1.165) is 6.42 Å². The van der Waals surface area contributed by atoms with Gasteiger partial charge in [0.2, 0.25) is 11.8 Å². The molecule has 0 saturated carbocycles. The Bertz CT molecular complexity index is 489. The van der Waals surface area contributed by atoms with E-state index in [9.17, 15) is 9.59 Å². The van der Waals surface area contributed by atoms with Crippen LogP contribution in [-0.4, -0.2) is 23.3 Å². The van der Waals surface area contributed by atoms with E-state index < -0.39 is 5.41 Å². The summed E-state index contributed by atoms with van der Waals surface area (Å²) < 4.78 is 0. The maximum atomic E-state index is 11.8. The van der Waals surface area contributed by atoms with Crippen LogP contribution in [0.1, 0.15) is 46.7 Å². The summed E-state index contributed by atoms with van der Waals surface area (Å²) in [6.45, 7) is 10.5. The number of carbonyl (C=O) groups is 2. The molecule has 0 aromatic carbocycles. The molecule has 0 saturated heterocycles. The molecule has 21 heavy (non-hydrogen) atoms. The van der Waals surface area contributed by atoms with Crippen molar-refractivity contribution in [1.82, 2.24) is 10.3 Å². The number of amides is 2. The fourth-order valence-electron chi connectivity index (χ4n) is 1.46. The van der Waals surface area contributed by atoms with Crippen molar-refractivity contribution in [3.05, 3.63) is 11.1 Å². The second kappa shape index (κ2) is 7.54.